The first kappa shape index (κ1) is 23.4. The van der Waals surface area contributed by atoms with Crippen LogP contribution in [-0.4, -0.2) is 39.2 Å². The average Bonchev–Trinajstić information content (AvgIpc) is 3.46. The maximum Gasteiger partial charge on any atom is 0.273 e. The van der Waals surface area contributed by atoms with E-state index < -0.39 is 12.2 Å². The van der Waals surface area contributed by atoms with Crippen LogP contribution in [0.25, 0.3) is 10.2 Å². The van der Waals surface area contributed by atoms with Crippen LogP contribution in [0.15, 0.2) is 61.2 Å². The number of nitrogens with zero attached hydrogens (tertiary/aromatic N) is 4. The number of rotatable bonds is 6. The van der Waals surface area contributed by atoms with Gasteiger partial charge in [0.05, 0.1) is 16.0 Å². The molecular weight excluding hydrogens is 483 g/mol. The molecule has 0 fully saturated rings. The predicted molar refractivity (Wildman–Crippen MR) is 132 cm³/mol. The van der Waals surface area contributed by atoms with Crippen LogP contribution in [0.3, 0.4) is 0 Å². The van der Waals surface area contributed by atoms with Gasteiger partial charge in [0.2, 0.25) is 6.10 Å². The zero-order chi connectivity index (χ0) is 22.1. The van der Waals surface area contributed by atoms with E-state index in [1.54, 1.807) is 23.5 Å². The molecule has 0 aliphatic carbocycles. The van der Waals surface area contributed by atoms with Crippen molar-refractivity contribution < 1.29 is 14.3 Å². The molecule has 0 radical (unpaired) electrons. The minimum atomic E-state index is -0.777. The van der Waals surface area contributed by atoms with Gasteiger partial charge in [-0.25, -0.2) is 9.97 Å². The number of carbonyl (C=O) groups is 1. The minimum Gasteiger partial charge on any atom is -0.482 e. The van der Waals surface area contributed by atoms with Gasteiger partial charge in [-0.05, 0) is 37.6 Å². The summed E-state index contributed by atoms with van der Waals surface area (Å²) in [5, 5.41) is 1.16. The van der Waals surface area contributed by atoms with Crippen molar-refractivity contribution in [3.63, 3.8) is 0 Å². The molecule has 1 aliphatic heterocycles. The lowest BCUT2D eigenvalue weighted by Crippen LogP contribution is -2.51. The van der Waals surface area contributed by atoms with Gasteiger partial charge in [0.25, 0.3) is 5.91 Å². The van der Waals surface area contributed by atoms with Gasteiger partial charge in [-0.1, -0.05) is 41.1 Å². The Bertz CT molecular complexity index is 1250. The van der Waals surface area contributed by atoms with Gasteiger partial charge in [0.1, 0.15) is 11.6 Å². The Hall–Kier alpha value is -2.81. The van der Waals surface area contributed by atoms with Crippen LogP contribution in [0, 0.1) is 0 Å². The van der Waals surface area contributed by atoms with Crippen LogP contribution < -0.4 is 14.4 Å². The molecule has 0 spiro atoms. The number of hydrogen-bond acceptors (Lipinski definition) is 6. The molecule has 0 saturated heterocycles. The second kappa shape index (κ2) is 9.99. The number of imidazole rings is 1. The van der Waals surface area contributed by atoms with Crippen LogP contribution in [0.4, 0.5) is 5.13 Å². The van der Waals surface area contributed by atoms with E-state index in [9.17, 15) is 4.79 Å². The van der Waals surface area contributed by atoms with Crippen molar-refractivity contribution >= 4 is 56.6 Å². The lowest BCUT2D eigenvalue weighted by Gasteiger charge is -2.33. The van der Waals surface area contributed by atoms with Crippen LogP contribution in [0.2, 0.25) is 5.02 Å². The molecule has 0 saturated carbocycles. The molecule has 2 unspecified atom stereocenters. The number of thiazole rings is 1. The third-order valence-electron chi connectivity index (χ3n) is 5.30. The van der Waals surface area contributed by atoms with E-state index in [4.69, 9.17) is 21.1 Å². The number of para-hydroxylation sites is 3. The third-order valence-corrected chi connectivity index (χ3v) is 6.65. The molecule has 1 aliphatic rings. The number of aryl methyl sites for hydroxylation is 1. The summed E-state index contributed by atoms with van der Waals surface area (Å²) in [6, 6.07) is 13.0. The molecule has 33 heavy (non-hydrogen) atoms. The van der Waals surface area contributed by atoms with Crippen molar-refractivity contribution in [1.82, 2.24) is 14.5 Å². The molecule has 5 rings (SSSR count). The van der Waals surface area contributed by atoms with E-state index in [0.29, 0.717) is 33.7 Å². The number of benzene rings is 2. The Morgan fingerprint density at radius 2 is 1.97 bits per heavy atom. The monoisotopic (exact) mass is 504 g/mol. The summed E-state index contributed by atoms with van der Waals surface area (Å²) in [5.74, 6) is 1.02. The number of halogens is 2. The smallest absolute Gasteiger partial charge is 0.273 e. The van der Waals surface area contributed by atoms with Gasteiger partial charge >= 0.3 is 0 Å². The molecule has 3 heterocycles. The van der Waals surface area contributed by atoms with Crippen molar-refractivity contribution in [2.24, 2.45) is 0 Å². The largest absolute Gasteiger partial charge is 0.482 e. The summed E-state index contributed by atoms with van der Waals surface area (Å²) in [5.41, 5.74) is 0.695. The van der Waals surface area contributed by atoms with Gasteiger partial charge < -0.3 is 14.0 Å². The van der Waals surface area contributed by atoms with Gasteiger partial charge in [-0.3, -0.25) is 9.69 Å². The van der Waals surface area contributed by atoms with E-state index in [-0.39, 0.29) is 18.3 Å². The molecule has 172 valence electrons. The first-order chi connectivity index (χ1) is 15.6. The minimum absolute atomic E-state index is 0. The summed E-state index contributed by atoms with van der Waals surface area (Å²) < 4.78 is 15.0. The number of amides is 1. The third kappa shape index (κ3) is 4.78. The standard InChI is InChI=1S/C23H21ClN4O3S.ClH/c1-15-21(31-18-8-3-2-7-17(18)30-15)22(29)28(12-5-11-27-13-10-25-14-27)23-26-20-16(24)6-4-9-19(20)32-23;/h2-4,6-10,13-15,21H,5,11-12H2,1H3;1H. The maximum absolute atomic E-state index is 13.7. The molecule has 0 N–H and O–H groups in total. The van der Waals surface area contributed by atoms with Gasteiger partial charge in [-0.15, -0.1) is 12.4 Å². The molecule has 1 amide bonds. The summed E-state index contributed by atoms with van der Waals surface area (Å²) in [6.07, 6.45) is 4.92. The number of hydrogen-bond donors (Lipinski definition) is 0. The molecular formula is C23H22Cl2N4O3S. The second-order valence-corrected chi connectivity index (χ2v) is 8.95. The highest BCUT2D eigenvalue weighted by molar-refractivity contribution is 7.22. The first-order valence-corrected chi connectivity index (χ1v) is 11.5. The fourth-order valence-corrected chi connectivity index (χ4v) is 4.99. The van der Waals surface area contributed by atoms with Crippen molar-refractivity contribution in [2.45, 2.75) is 32.1 Å². The van der Waals surface area contributed by atoms with E-state index in [1.807, 2.05) is 54.1 Å². The van der Waals surface area contributed by atoms with Gasteiger partial charge in [0.15, 0.2) is 16.6 Å². The Balaban J connectivity index is 0.00000259. The predicted octanol–water partition coefficient (Wildman–Crippen LogP) is 5.22. The fraction of sp³-hybridized carbons (Fsp3) is 0.261. The number of aromatic nitrogens is 3. The Morgan fingerprint density at radius 1 is 1.18 bits per heavy atom. The van der Waals surface area contributed by atoms with Crippen molar-refractivity contribution in [3.05, 3.63) is 66.2 Å². The van der Waals surface area contributed by atoms with Crippen molar-refractivity contribution in [3.8, 4) is 11.5 Å². The Kier molecular flexibility index (Phi) is 7.07. The number of anilines is 1. The highest BCUT2D eigenvalue weighted by atomic mass is 35.5. The van der Waals surface area contributed by atoms with Gasteiger partial charge in [-0.2, -0.15) is 0 Å². The summed E-state index contributed by atoms with van der Waals surface area (Å²) in [6.45, 7) is 3.05. The molecule has 2 atom stereocenters. The molecule has 4 aromatic rings. The molecule has 2 aromatic carbocycles. The van der Waals surface area contributed by atoms with E-state index in [2.05, 4.69) is 9.97 Å². The van der Waals surface area contributed by atoms with Crippen LogP contribution >= 0.6 is 35.3 Å². The highest BCUT2D eigenvalue weighted by Gasteiger charge is 2.38. The van der Waals surface area contributed by atoms with Crippen LogP contribution in [-0.2, 0) is 11.3 Å². The number of ether oxygens (including phenoxy) is 2. The van der Waals surface area contributed by atoms with Crippen LogP contribution in [0.5, 0.6) is 11.5 Å². The van der Waals surface area contributed by atoms with Gasteiger partial charge in [0, 0.05) is 25.5 Å². The molecule has 0 bridgehead atoms. The normalized spacial score (nSPS) is 16.9. The topological polar surface area (TPSA) is 69.5 Å². The van der Waals surface area contributed by atoms with E-state index >= 15 is 0 Å². The fourth-order valence-electron chi connectivity index (χ4n) is 3.69. The Labute approximate surface area is 206 Å². The first-order valence-electron chi connectivity index (χ1n) is 10.3. The quantitative estimate of drug-likeness (QED) is 0.360. The van der Waals surface area contributed by atoms with E-state index in [0.717, 1.165) is 17.7 Å². The van der Waals surface area contributed by atoms with Crippen LogP contribution in [0.1, 0.15) is 13.3 Å². The number of fused-ring (bicyclic) bond motifs is 2. The highest BCUT2D eigenvalue weighted by Crippen LogP contribution is 2.36. The lowest BCUT2D eigenvalue weighted by atomic mass is 10.1. The van der Waals surface area contributed by atoms with Crippen molar-refractivity contribution in [2.75, 3.05) is 11.4 Å². The SMILES string of the molecule is CC1Oc2ccccc2OC1C(=O)N(CCCn1ccnc1)c1nc2c(Cl)cccc2s1.Cl. The van der Waals surface area contributed by atoms with E-state index in [1.165, 1.54) is 11.3 Å². The summed E-state index contributed by atoms with van der Waals surface area (Å²) in [4.78, 5) is 24.2. The zero-order valence-corrected chi connectivity index (χ0v) is 20.1. The molecule has 10 heteroatoms. The number of carbonyl (C=O) groups excluding carboxylic acids is 1. The van der Waals surface area contributed by atoms with Crippen molar-refractivity contribution in [1.29, 1.82) is 0 Å². The molecule has 2 aromatic heterocycles. The second-order valence-electron chi connectivity index (χ2n) is 7.54. The summed E-state index contributed by atoms with van der Waals surface area (Å²) >= 11 is 7.78. The Morgan fingerprint density at radius 3 is 2.70 bits per heavy atom. The summed E-state index contributed by atoms with van der Waals surface area (Å²) in [7, 11) is 0. The average molecular weight is 505 g/mol. The lowest BCUT2D eigenvalue weighted by molar-refractivity contribution is -0.130. The molecule has 7 nitrogen and oxygen atoms in total. The zero-order valence-electron chi connectivity index (χ0n) is 17.8. The maximum atomic E-state index is 13.7.